The van der Waals surface area contributed by atoms with Gasteiger partial charge in [-0.2, -0.15) is 0 Å². The third-order valence-electron chi connectivity index (χ3n) is 4.67. The summed E-state index contributed by atoms with van der Waals surface area (Å²) in [6.45, 7) is 6.90. The Bertz CT molecular complexity index is 1360. The molecule has 0 radical (unpaired) electrons. The Labute approximate surface area is 200 Å². The number of sulfone groups is 1. The van der Waals surface area contributed by atoms with E-state index < -0.39 is 21.4 Å². The average Bonchev–Trinajstić information content (AvgIpc) is 2.77. The number of carbonyl (C=O) groups is 1. The molecule has 0 unspecified atom stereocenters. The van der Waals surface area contributed by atoms with Gasteiger partial charge in [0.15, 0.2) is 6.61 Å². The van der Waals surface area contributed by atoms with Gasteiger partial charge >= 0.3 is 5.97 Å². The molecule has 0 saturated carbocycles. The van der Waals surface area contributed by atoms with Crippen molar-refractivity contribution in [3.63, 3.8) is 0 Å². The molecule has 3 aromatic carbocycles. The Morgan fingerprint density at radius 1 is 0.912 bits per heavy atom. The van der Waals surface area contributed by atoms with Crippen molar-refractivity contribution in [2.24, 2.45) is 0 Å². The summed E-state index contributed by atoms with van der Waals surface area (Å²) in [5.41, 5.74) is 7.62. The van der Waals surface area contributed by atoms with Gasteiger partial charge in [0.05, 0.1) is 15.4 Å². The van der Waals surface area contributed by atoms with E-state index in [1.807, 2.05) is 6.92 Å². The van der Waals surface area contributed by atoms with Crippen molar-refractivity contribution in [3.8, 4) is 17.6 Å². The zero-order valence-corrected chi connectivity index (χ0v) is 20.4. The monoisotopic (exact) mass is 477 g/mol. The third-order valence-corrected chi connectivity index (χ3v) is 6.44. The highest BCUT2D eigenvalue weighted by Crippen LogP contribution is 2.24. The highest BCUT2D eigenvalue weighted by Gasteiger charge is 2.19. The van der Waals surface area contributed by atoms with Gasteiger partial charge in [-0.05, 0) is 75.7 Å². The first kappa shape index (κ1) is 24.9. The first-order valence-electron chi connectivity index (χ1n) is 10.6. The second-order valence-electron chi connectivity index (χ2n) is 8.67. The number of esters is 1. The number of aryl methyl sites for hydroxylation is 1. The van der Waals surface area contributed by atoms with Gasteiger partial charge in [0.2, 0.25) is 9.84 Å². The predicted octanol–water partition coefficient (Wildman–Crippen LogP) is 4.53. The summed E-state index contributed by atoms with van der Waals surface area (Å²) in [4.78, 5) is 12.4. The van der Waals surface area contributed by atoms with Crippen molar-refractivity contribution in [2.45, 2.75) is 43.1 Å². The van der Waals surface area contributed by atoms with Crippen LogP contribution in [0.1, 0.15) is 37.5 Å². The minimum atomic E-state index is -3.67. The predicted molar refractivity (Wildman–Crippen MR) is 131 cm³/mol. The van der Waals surface area contributed by atoms with E-state index in [1.54, 1.807) is 87.5 Å². The van der Waals surface area contributed by atoms with Crippen molar-refractivity contribution in [1.82, 2.24) is 0 Å². The quantitative estimate of drug-likeness (QED) is 0.330. The van der Waals surface area contributed by atoms with Gasteiger partial charge in [-0.15, -0.1) is 0 Å². The number of nitrogen functional groups attached to an aromatic ring is 1. The van der Waals surface area contributed by atoms with Gasteiger partial charge in [0.25, 0.3) is 0 Å². The molecular formula is C27H27NO5S. The molecule has 0 bridgehead atoms. The highest BCUT2D eigenvalue weighted by molar-refractivity contribution is 7.91. The SMILES string of the molecule is Cc1ccc(S(=O)(=O)c2ccccc2)cc1C#Cc1cc(N)ccc1OCC(=O)OC(C)(C)C. The second-order valence-corrected chi connectivity index (χ2v) is 10.6. The van der Waals surface area contributed by atoms with Crippen LogP contribution < -0.4 is 10.5 Å². The van der Waals surface area contributed by atoms with E-state index in [1.165, 1.54) is 0 Å². The number of carbonyl (C=O) groups excluding carboxylic acids is 1. The molecule has 0 aromatic heterocycles. The summed E-state index contributed by atoms with van der Waals surface area (Å²) in [6.07, 6.45) is 0. The van der Waals surface area contributed by atoms with Crippen LogP contribution in [-0.4, -0.2) is 26.6 Å². The fourth-order valence-corrected chi connectivity index (χ4v) is 4.36. The van der Waals surface area contributed by atoms with E-state index in [0.29, 0.717) is 22.6 Å². The summed E-state index contributed by atoms with van der Waals surface area (Å²) in [5.74, 6) is 5.89. The van der Waals surface area contributed by atoms with Crippen molar-refractivity contribution in [2.75, 3.05) is 12.3 Å². The van der Waals surface area contributed by atoms with Crippen LogP contribution in [-0.2, 0) is 19.4 Å². The van der Waals surface area contributed by atoms with Gasteiger partial charge < -0.3 is 15.2 Å². The molecule has 2 N–H and O–H groups in total. The van der Waals surface area contributed by atoms with Crippen LogP contribution in [0.3, 0.4) is 0 Å². The van der Waals surface area contributed by atoms with E-state index >= 15 is 0 Å². The summed E-state index contributed by atoms with van der Waals surface area (Å²) in [6, 6.07) is 18.0. The van der Waals surface area contributed by atoms with Crippen LogP contribution in [0, 0.1) is 18.8 Å². The van der Waals surface area contributed by atoms with Crippen LogP contribution in [0.15, 0.2) is 76.5 Å². The molecule has 0 atom stereocenters. The van der Waals surface area contributed by atoms with Crippen molar-refractivity contribution in [1.29, 1.82) is 0 Å². The lowest BCUT2D eigenvalue weighted by atomic mass is 10.1. The smallest absolute Gasteiger partial charge is 0.344 e. The first-order valence-corrected chi connectivity index (χ1v) is 12.1. The topological polar surface area (TPSA) is 95.7 Å². The summed E-state index contributed by atoms with van der Waals surface area (Å²) >= 11 is 0. The van der Waals surface area contributed by atoms with E-state index in [9.17, 15) is 13.2 Å². The lowest BCUT2D eigenvalue weighted by Gasteiger charge is -2.19. The number of rotatable bonds is 5. The average molecular weight is 478 g/mol. The Hall–Kier alpha value is -3.76. The zero-order valence-electron chi connectivity index (χ0n) is 19.6. The molecule has 176 valence electrons. The molecule has 34 heavy (non-hydrogen) atoms. The number of benzene rings is 3. The lowest BCUT2D eigenvalue weighted by Crippen LogP contribution is -2.27. The third kappa shape index (κ3) is 6.40. The van der Waals surface area contributed by atoms with Crippen molar-refractivity contribution >= 4 is 21.5 Å². The molecule has 0 spiro atoms. The number of nitrogens with two attached hydrogens (primary N) is 1. The number of hydrogen-bond acceptors (Lipinski definition) is 6. The zero-order chi connectivity index (χ0) is 24.9. The van der Waals surface area contributed by atoms with Gasteiger partial charge in [0, 0.05) is 11.3 Å². The van der Waals surface area contributed by atoms with Gasteiger partial charge in [0.1, 0.15) is 11.4 Å². The molecule has 0 amide bonds. The molecule has 0 aliphatic rings. The molecule has 0 aliphatic heterocycles. The van der Waals surface area contributed by atoms with E-state index in [4.69, 9.17) is 15.2 Å². The Morgan fingerprint density at radius 2 is 1.59 bits per heavy atom. The fourth-order valence-electron chi connectivity index (χ4n) is 3.05. The normalized spacial score (nSPS) is 11.3. The largest absolute Gasteiger partial charge is 0.481 e. The molecular weight excluding hydrogens is 450 g/mol. The summed E-state index contributed by atoms with van der Waals surface area (Å²) < 4.78 is 36.9. The molecule has 0 saturated heterocycles. The van der Waals surface area contributed by atoms with E-state index in [0.717, 1.165) is 5.56 Å². The van der Waals surface area contributed by atoms with Crippen LogP contribution >= 0.6 is 0 Å². The Balaban J connectivity index is 1.91. The number of hydrogen-bond donors (Lipinski definition) is 1. The fraction of sp³-hybridized carbons (Fsp3) is 0.222. The van der Waals surface area contributed by atoms with Crippen LogP contribution in [0.5, 0.6) is 5.75 Å². The molecule has 3 rings (SSSR count). The maximum absolute atomic E-state index is 13.0. The first-order chi connectivity index (χ1) is 16.0. The molecule has 3 aromatic rings. The lowest BCUT2D eigenvalue weighted by molar-refractivity contribution is -0.157. The maximum atomic E-state index is 13.0. The molecule has 0 aliphatic carbocycles. The molecule has 0 heterocycles. The van der Waals surface area contributed by atoms with Crippen molar-refractivity contribution in [3.05, 3.63) is 83.4 Å². The highest BCUT2D eigenvalue weighted by atomic mass is 32.2. The minimum Gasteiger partial charge on any atom is -0.481 e. The Kier molecular flexibility index (Phi) is 7.33. The summed E-state index contributed by atoms with van der Waals surface area (Å²) in [7, 11) is -3.67. The summed E-state index contributed by atoms with van der Waals surface area (Å²) in [5, 5.41) is 0. The van der Waals surface area contributed by atoms with Crippen LogP contribution in [0.2, 0.25) is 0 Å². The minimum absolute atomic E-state index is 0.155. The van der Waals surface area contributed by atoms with E-state index in [2.05, 4.69) is 11.8 Å². The second kappa shape index (κ2) is 10.0. The molecule has 7 heteroatoms. The molecule has 0 fully saturated rings. The van der Waals surface area contributed by atoms with Gasteiger partial charge in [-0.25, -0.2) is 13.2 Å². The van der Waals surface area contributed by atoms with E-state index in [-0.39, 0.29) is 16.4 Å². The van der Waals surface area contributed by atoms with Gasteiger partial charge in [-0.1, -0.05) is 36.1 Å². The van der Waals surface area contributed by atoms with Crippen LogP contribution in [0.25, 0.3) is 0 Å². The standard InChI is InChI=1S/C27H27NO5S/c1-19-10-14-24(34(30,31)23-8-6-5-7-9-23)17-20(19)11-12-21-16-22(28)13-15-25(21)32-18-26(29)33-27(2,3)4/h5-10,13-17H,18,28H2,1-4H3. The Morgan fingerprint density at radius 3 is 2.26 bits per heavy atom. The number of ether oxygens (including phenoxy) is 2. The van der Waals surface area contributed by atoms with Crippen molar-refractivity contribution < 1.29 is 22.7 Å². The van der Waals surface area contributed by atoms with Crippen LogP contribution in [0.4, 0.5) is 5.69 Å². The number of anilines is 1. The molecule has 6 nitrogen and oxygen atoms in total. The maximum Gasteiger partial charge on any atom is 0.344 e. The van der Waals surface area contributed by atoms with Gasteiger partial charge in [-0.3, -0.25) is 0 Å².